The monoisotopic (exact) mass is 288 g/mol. The Kier molecular flexibility index (Phi) is 5.11. The molecule has 6 heteroatoms. The normalized spacial score (nSPS) is 33.1. The van der Waals surface area contributed by atoms with Crippen LogP contribution in [0.5, 0.6) is 0 Å². The van der Waals surface area contributed by atoms with Gasteiger partial charge >= 0.3 is 0 Å². The Morgan fingerprint density at radius 1 is 1.47 bits per heavy atom. The van der Waals surface area contributed by atoms with Crippen molar-refractivity contribution in [3.63, 3.8) is 0 Å². The fraction of sp³-hybridized carbons (Fsp3) is 0.923. The van der Waals surface area contributed by atoms with E-state index in [0.29, 0.717) is 17.0 Å². The topological polar surface area (TPSA) is 95.6 Å². The molecule has 2 aliphatic rings. The third kappa shape index (κ3) is 4.08. The molecule has 0 aromatic rings. The Bertz CT molecular complexity index is 325. The molecule has 5 nitrogen and oxygen atoms in total. The summed E-state index contributed by atoms with van der Waals surface area (Å²) in [5.41, 5.74) is 5.07. The molecule has 3 atom stereocenters. The van der Waals surface area contributed by atoms with E-state index >= 15 is 0 Å². The molecule has 0 saturated heterocycles. The van der Waals surface area contributed by atoms with Crippen LogP contribution in [-0.2, 0) is 4.79 Å². The highest BCUT2D eigenvalue weighted by Gasteiger charge is 2.44. The number of nitrogens with two attached hydrogens (primary N) is 1. The minimum atomic E-state index is -0.675. The molecule has 110 valence electrons. The van der Waals surface area contributed by atoms with E-state index in [1.54, 1.807) is 11.8 Å². The summed E-state index contributed by atoms with van der Waals surface area (Å²) in [5, 5.41) is 22.0. The molecule has 2 aliphatic carbocycles. The average molecular weight is 288 g/mol. The number of carbonyl (C=O) groups excluding carboxylic acids is 1. The Morgan fingerprint density at radius 2 is 2.21 bits per heavy atom. The number of primary amides is 1. The lowest BCUT2D eigenvalue weighted by Crippen LogP contribution is -2.59. The van der Waals surface area contributed by atoms with Crippen LogP contribution < -0.4 is 11.1 Å². The lowest BCUT2D eigenvalue weighted by molar-refractivity contribution is -0.125. The number of aliphatic hydroxyl groups excluding tert-OH is 2. The fourth-order valence-corrected chi connectivity index (χ4v) is 4.05. The van der Waals surface area contributed by atoms with Gasteiger partial charge in [0.2, 0.25) is 5.91 Å². The summed E-state index contributed by atoms with van der Waals surface area (Å²) in [4.78, 5) is 11.8. The first-order chi connectivity index (χ1) is 9.05. The zero-order valence-corrected chi connectivity index (χ0v) is 12.0. The summed E-state index contributed by atoms with van der Waals surface area (Å²) in [6.07, 6.45) is 5.18. The number of nitrogens with one attached hydrogen (secondary N) is 1. The van der Waals surface area contributed by atoms with Crippen molar-refractivity contribution in [3.05, 3.63) is 0 Å². The van der Waals surface area contributed by atoms with Crippen molar-refractivity contribution in [1.29, 1.82) is 0 Å². The van der Waals surface area contributed by atoms with Crippen LogP contribution in [-0.4, -0.2) is 51.4 Å². The van der Waals surface area contributed by atoms with Crippen molar-refractivity contribution in [2.45, 2.75) is 61.5 Å². The molecule has 0 aliphatic heterocycles. The summed E-state index contributed by atoms with van der Waals surface area (Å²) in [6.45, 7) is -0.207. The third-order valence-corrected chi connectivity index (χ3v) is 5.42. The average Bonchev–Trinajstić information content (AvgIpc) is 3.20. The third-order valence-electron chi connectivity index (χ3n) is 3.97. The molecular weight excluding hydrogens is 264 g/mol. The Labute approximate surface area is 118 Å². The SMILES string of the molecule is NC(=O)C1(NC2CC2)CCCC(SCC(O)CO)C1. The maximum atomic E-state index is 11.8. The predicted octanol–water partition coefficient (Wildman–Crippen LogP) is -0.00850. The minimum absolute atomic E-state index is 0.207. The molecule has 0 aromatic heterocycles. The van der Waals surface area contributed by atoms with Gasteiger partial charge in [-0.05, 0) is 38.5 Å². The molecule has 0 bridgehead atoms. The van der Waals surface area contributed by atoms with Crippen LogP contribution in [0.25, 0.3) is 0 Å². The maximum Gasteiger partial charge on any atom is 0.237 e. The van der Waals surface area contributed by atoms with Crippen molar-refractivity contribution < 1.29 is 15.0 Å². The van der Waals surface area contributed by atoms with Crippen LogP contribution in [0.15, 0.2) is 0 Å². The molecule has 2 saturated carbocycles. The van der Waals surface area contributed by atoms with Gasteiger partial charge in [-0.15, -0.1) is 0 Å². The summed E-state index contributed by atoms with van der Waals surface area (Å²) in [6, 6.07) is 0.458. The van der Waals surface area contributed by atoms with Crippen molar-refractivity contribution in [3.8, 4) is 0 Å². The zero-order chi connectivity index (χ0) is 13.9. The van der Waals surface area contributed by atoms with E-state index in [-0.39, 0.29) is 12.5 Å². The number of carbonyl (C=O) groups is 1. The molecule has 2 fully saturated rings. The van der Waals surface area contributed by atoms with E-state index in [1.165, 1.54) is 0 Å². The molecule has 19 heavy (non-hydrogen) atoms. The second-order valence-corrected chi connectivity index (χ2v) is 7.09. The molecular formula is C13H24N2O3S. The van der Waals surface area contributed by atoms with E-state index < -0.39 is 11.6 Å². The van der Waals surface area contributed by atoms with Gasteiger partial charge in [0.1, 0.15) is 0 Å². The van der Waals surface area contributed by atoms with Crippen LogP contribution in [0.3, 0.4) is 0 Å². The first-order valence-corrected chi connectivity index (χ1v) is 8.09. The largest absolute Gasteiger partial charge is 0.394 e. The minimum Gasteiger partial charge on any atom is -0.394 e. The summed E-state index contributed by atoms with van der Waals surface area (Å²) in [7, 11) is 0. The summed E-state index contributed by atoms with van der Waals surface area (Å²) < 4.78 is 0. The lowest BCUT2D eigenvalue weighted by atomic mass is 9.80. The van der Waals surface area contributed by atoms with Gasteiger partial charge in [-0.3, -0.25) is 4.79 Å². The highest BCUT2D eigenvalue weighted by Crippen LogP contribution is 2.37. The second-order valence-electron chi connectivity index (χ2n) is 5.75. The zero-order valence-electron chi connectivity index (χ0n) is 11.2. The molecule has 2 rings (SSSR count). The quantitative estimate of drug-likeness (QED) is 0.528. The number of rotatable bonds is 7. The van der Waals surface area contributed by atoms with Gasteiger partial charge in [-0.25, -0.2) is 0 Å². The van der Waals surface area contributed by atoms with Gasteiger partial charge in [-0.1, -0.05) is 0 Å². The highest BCUT2D eigenvalue weighted by atomic mass is 32.2. The highest BCUT2D eigenvalue weighted by molar-refractivity contribution is 7.99. The molecule has 0 radical (unpaired) electrons. The van der Waals surface area contributed by atoms with E-state index in [9.17, 15) is 9.90 Å². The number of hydrogen-bond donors (Lipinski definition) is 4. The van der Waals surface area contributed by atoms with E-state index in [0.717, 1.165) is 38.5 Å². The van der Waals surface area contributed by atoms with Crippen molar-refractivity contribution in [1.82, 2.24) is 5.32 Å². The maximum absolute atomic E-state index is 11.8. The number of thioether (sulfide) groups is 1. The summed E-state index contributed by atoms with van der Waals surface area (Å²) in [5.74, 6) is 0.270. The standard InChI is InChI=1S/C13H24N2O3S/c14-12(18)13(15-9-3-4-9)5-1-2-11(6-13)19-8-10(17)7-16/h9-11,15-17H,1-8H2,(H2,14,18). The molecule has 0 aromatic carbocycles. The van der Waals surface area contributed by atoms with Gasteiger partial charge in [0.25, 0.3) is 0 Å². The van der Waals surface area contributed by atoms with Gasteiger partial charge in [-0.2, -0.15) is 11.8 Å². The van der Waals surface area contributed by atoms with Crippen LogP contribution in [0.2, 0.25) is 0 Å². The first-order valence-electron chi connectivity index (χ1n) is 7.04. The Morgan fingerprint density at radius 3 is 2.79 bits per heavy atom. The summed E-state index contributed by atoms with van der Waals surface area (Å²) >= 11 is 1.64. The van der Waals surface area contributed by atoms with Crippen molar-refractivity contribution >= 4 is 17.7 Å². The van der Waals surface area contributed by atoms with Gasteiger partial charge < -0.3 is 21.3 Å². The Balaban J connectivity index is 1.90. The number of amides is 1. The van der Waals surface area contributed by atoms with Crippen molar-refractivity contribution in [2.24, 2.45) is 5.73 Å². The lowest BCUT2D eigenvalue weighted by Gasteiger charge is -2.39. The van der Waals surface area contributed by atoms with Crippen LogP contribution >= 0.6 is 11.8 Å². The van der Waals surface area contributed by atoms with Gasteiger partial charge in [0.15, 0.2) is 0 Å². The van der Waals surface area contributed by atoms with Crippen LogP contribution in [0.4, 0.5) is 0 Å². The van der Waals surface area contributed by atoms with E-state index in [4.69, 9.17) is 10.8 Å². The number of aliphatic hydroxyl groups is 2. The second kappa shape index (κ2) is 6.43. The molecule has 5 N–H and O–H groups in total. The van der Waals surface area contributed by atoms with Gasteiger partial charge in [0, 0.05) is 17.0 Å². The van der Waals surface area contributed by atoms with E-state index in [2.05, 4.69) is 5.32 Å². The molecule has 0 heterocycles. The van der Waals surface area contributed by atoms with Gasteiger partial charge in [0.05, 0.1) is 18.2 Å². The predicted molar refractivity (Wildman–Crippen MR) is 75.9 cm³/mol. The van der Waals surface area contributed by atoms with Crippen LogP contribution in [0.1, 0.15) is 38.5 Å². The fourth-order valence-electron chi connectivity index (χ4n) is 2.71. The molecule has 1 amide bonds. The molecule has 3 unspecified atom stereocenters. The number of hydrogen-bond acceptors (Lipinski definition) is 5. The van der Waals surface area contributed by atoms with E-state index in [1.807, 2.05) is 0 Å². The van der Waals surface area contributed by atoms with Crippen molar-refractivity contribution in [2.75, 3.05) is 12.4 Å². The Hall–Kier alpha value is -0.300. The molecule has 0 spiro atoms. The smallest absolute Gasteiger partial charge is 0.237 e. The van der Waals surface area contributed by atoms with Crippen LogP contribution in [0, 0.1) is 0 Å². The first kappa shape index (κ1) is 15.1.